The van der Waals surface area contributed by atoms with Crippen LogP contribution in [-0.2, 0) is 10.0 Å². The van der Waals surface area contributed by atoms with Crippen molar-refractivity contribution in [3.05, 3.63) is 28.3 Å². The fraction of sp³-hybridized carbons (Fsp3) is 0.667. The SMILES string of the molecule is NS(=O)(=O)c1cc(NC2CCN(CC3CCCCC3)CC2)cc([N+](=O)[O-])c1. The summed E-state index contributed by atoms with van der Waals surface area (Å²) >= 11 is 0. The van der Waals surface area contributed by atoms with E-state index >= 15 is 0 Å². The number of anilines is 1. The molecule has 1 heterocycles. The first-order chi connectivity index (χ1) is 12.8. The van der Waals surface area contributed by atoms with Gasteiger partial charge in [-0.3, -0.25) is 10.1 Å². The number of piperidine rings is 1. The van der Waals surface area contributed by atoms with Gasteiger partial charge in [-0.25, -0.2) is 13.6 Å². The van der Waals surface area contributed by atoms with Gasteiger partial charge in [0.05, 0.1) is 9.82 Å². The van der Waals surface area contributed by atoms with E-state index in [-0.39, 0.29) is 16.6 Å². The number of nitrogens with one attached hydrogen (secondary N) is 1. The molecule has 1 saturated heterocycles. The molecule has 3 rings (SSSR count). The summed E-state index contributed by atoms with van der Waals surface area (Å²) < 4.78 is 23.2. The summed E-state index contributed by atoms with van der Waals surface area (Å²) in [5.41, 5.74) is 0.151. The molecule has 0 radical (unpaired) electrons. The molecule has 0 amide bonds. The number of nitro groups is 1. The summed E-state index contributed by atoms with van der Waals surface area (Å²) in [6.07, 6.45) is 8.60. The zero-order chi connectivity index (χ0) is 19.4. The maximum Gasteiger partial charge on any atom is 0.272 e. The van der Waals surface area contributed by atoms with Gasteiger partial charge < -0.3 is 10.2 Å². The van der Waals surface area contributed by atoms with Gasteiger partial charge in [-0.15, -0.1) is 0 Å². The van der Waals surface area contributed by atoms with Crippen molar-refractivity contribution in [1.29, 1.82) is 0 Å². The van der Waals surface area contributed by atoms with Gasteiger partial charge in [0.2, 0.25) is 10.0 Å². The second-order valence-corrected chi connectivity index (χ2v) is 9.30. The van der Waals surface area contributed by atoms with Crippen LogP contribution in [0, 0.1) is 16.0 Å². The molecule has 2 aliphatic rings. The molecule has 0 bridgehead atoms. The molecule has 0 atom stereocenters. The molecule has 1 aromatic rings. The van der Waals surface area contributed by atoms with Gasteiger partial charge in [0.25, 0.3) is 5.69 Å². The predicted molar refractivity (Wildman–Crippen MR) is 104 cm³/mol. The Morgan fingerprint density at radius 1 is 1.11 bits per heavy atom. The van der Waals surface area contributed by atoms with Crippen LogP contribution in [0.1, 0.15) is 44.9 Å². The van der Waals surface area contributed by atoms with E-state index in [1.807, 2.05) is 0 Å². The number of nitrogens with two attached hydrogens (primary N) is 1. The molecule has 0 unspecified atom stereocenters. The van der Waals surface area contributed by atoms with E-state index in [0.29, 0.717) is 5.69 Å². The van der Waals surface area contributed by atoms with Gasteiger partial charge in [-0.05, 0) is 37.7 Å². The summed E-state index contributed by atoms with van der Waals surface area (Å²) in [7, 11) is -4.00. The summed E-state index contributed by atoms with van der Waals surface area (Å²) in [5.74, 6) is 0.817. The van der Waals surface area contributed by atoms with Crippen molar-refractivity contribution in [2.45, 2.75) is 55.9 Å². The van der Waals surface area contributed by atoms with E-state index < -0.39 is 14.9 Å². The third-order valence-corrected chi connectivity index (χ3v) is 6.52. The summed E-state index contributed by atoms with van der Waals surface area (Å²) in [5, 5.41) is 19.5. The third kappa shape index (κ3) is 5.63. The number of nitrogens with zero attached hydrogens (tertiary/aromatic N) is 2. The quantitative estimate of drug-likeness (QED) is 0.564. The van der Waals surface area contributed by atoms with E-state index in [1.54, 1.807) is 0 Å². The lowest BCUT2D eigenvalue weighted by atomic mass is 9.88. The highest BCUT2D eigenvalue weighted by molar-refractivity contribution is 7.89. The Kier molecular flexibility index (Phi) is 6.33. The second-order valence-electron chi connectivity index (χ2n) is 7.74. The van der Waals surface area contributed by atoms with Crippen LogP contribution in [0.15, 0.2) is 23.1 Å². The molecule has 3 N–H and O–H groups in total. The summed E-state index contributed by atoms with van der Waals surface area (Å²) in [6.45, 7) is 3.15. The van der Waals surface area contributed by atoms with Gasteiger partial charge >= 0.3 is 0 Å². The molecule has 8 nitrogen and oxygen atoms in total. The number of benzene rings is 1. The first-order valence-electron chi connectivity index (χ1n) is 9.62. The molecule has 27 heavy (non-hydrogen) atoms. The van der Waals surface area contributed by atoms with E-state index in [4.69, 9.17) is 5.14 Å². The second kappa shape index (κ2) is 8.53. The van der Waals surface area contributed by atoms with Crippen LogP contribution in [0.3, 0.4) is 0 Å². The van der Waals surface area contributed by atoms with Gasteiger partial charge in [-0.2, -0.15) is 0 Å². The van der Waals surface area contributed by atoms with Crippen molar-refractivity contribution in [2.75, 3.05) is 25.0 Å². The lowest BCUT2D eigenvalue weighted by Gasteiger charge is -2.36. The van der Waals surface area contributed by atoms with E-state index in [0.717, 1.165) is 37.9 Å². The number of sulfonamides is 1. The molecule has 0 aromatic heterocycles. The molecule has 150 valence electrons. The molecule has 1 saturated carbocycles. The highest BCUT2D eigenvalue weighted by Crippen LogP contribution is 2.27. The molecular formula is C18H28N4O4S. The minimum Gasteiger partial charge on any atom is -0.382 e. The van der Waals surface area contributed by atoms with Crippen LogP contribution in [0.4, 0.5) is 11.4 Å². The van der Waals surface area contributed by atoms with Gasteiger partial charge in [0.15, 0.2) is 0 Å². The van der Waals surface area contributed by atoms with Crippen LogP contribution in [0.25, 0.3) is 0 Å². The number of likely N-dealkylation sites (tertiary alicyclic amines) is 1. The van der Waals surface area contributed by atoms with Crippen molar-refractivity contribution in [3.63, 3.8) is 0 Å². The minimum atomic E-state index is -4.00. The van der Waals surface area contributed by atoms with Crippen molar-refractivity contribution < 1.29 is 13.3 Å². The maximum absolute atomic E-state index is 11.6. The van der Waals surface area contributed by atoms with Crippen LogP contribution in [-0.4, -0.2) is 43.9 Å². The normalized spacial score (nSPS) is 20.5. The zero-order valence-corrected chi connectivity index (χ0v) is 16.3. The number of rotatable bonds is 6. The Bertz CT molecular complexity index is 770. The third-order valence-electron chi connectivity index (χ3n) is 5.63. The van der Waals surface area contributed by atoms with Crippen molar-refractivity contribution in [3.8, 4) is 0 Å². The molecule has 1 aromatic carbocycles. The smallest absolute Gasteiger partial charge is 0.272 e. The average Bonchev–Trinajstić information content (AvgIpc) is 2.63. The molecular weight excluding hydrogens is 368 g/mol. The fourth-order valence-corrected chi connectivity index (χ4v) is 4.74. The van der Waals surface area contributed by atoms with Gasteiger partial charge in [0, 0.05) is 43.5 Å². The number of primary sulfonamides is 1. The first-order valence-corrected chi connectivity index (χ1v) is 11.2. The maximum atomic E-state index is 11.6. The van der Waals surface area contributed by atoms with E-state index in [1.165, 1.54) is 50.8 Å². The van der Waals surface area contributed by atoms with Crippen molar-refractivity contribution in [1.82, 2.24) is 4.90 Å². The Morgan fingerprint density at radius 2 is 1.78 bits per heavy atom. The lowest BCUT2D eigenvalue weighted by Crippen LogP contribution is -2.41. The van der Waals surface area contributed by atoms with Crippen molar-refractivity contribution in [2.24, 2.45) is 11.1 Å². The van der Waals surface area contributed by atoms with Crippen molar-refractivity contribution >= 4 is 21.4 Å². The Hall–Kier alpha value is -1.71. The average molecular weight is 397 g/mol. The van der Waals surface area contributed by atoms with Gasteiger partial charge in [0.1, 0.15) is 0 Å². The number of hydrogen-bond acceptors (Lipinski definition) is 6. The van der Waals surface area contributed by atoms with Crippen LogP contribution in [0.2, 0.25) is 0 Å². The highest BCUT2D eigenvalue weighted by Gasteiger charge is 2.24. The Balaban J connectivity index is 1.59. The largest absolute Gasteiger partial charge is 0.382 e. The van der Waals surface area contributed by atoms with E-state index in [9.17, 15) is 18.5 Å². The number of nitro benzene ring substituents is 1. The Labute approximate surface area is 160 Å². The van der Waals surface area contributed by atoms with Crippen LogP contribution < -0.4 is 10.5 Å². The zero-order valence-electron chi connectivity index (χ0n) is 15.5. The van der Waals surface area contributed by atoms with Crippen LogP contribution >= 0.6 is 0 Å². The lowest BCUT2D eigenvalue weighted by molar-refractivity contribution is -0.385. The van der Waals surface area contributed by atoms with Crippen LogP contribution in [0.5, 0.6) is 0 Å². The predicted octanol–water partition coefficient (Wildman–Crippen LogP) is 2.70. The highest BCUT2D eigenvalue weighted by atomic mass is 32.2. The molecule has 1 aliphatic carbocycles. The molecule has 0 spiro atoms. The Morgan fingerprint density at radius 3 is 2.37 bits per heavy atom. The number of non-ortho nitro benzene ring substituents is 1. The topological polar surface area (TPSA) is 119 Å². The van der Waals surface area contributed by atoms with Gasteiger partial charge in [-0.1, -0.05) is 19.3 Å². The summed E-state index contributed by atoms with van der Waals surface area (Å²) in [6, 6.07) is 3.90. The molecule has 9 heteroatoms. The molecule has 2 fully saturated rings. The first kappa shape index (κ1) is 20.0. The monoisotopic (exact) mass is 396 g/mol. The number of hydrogen-bond donors (Lipinski definition) is 2. The summed E-state index contributed by atoms with van der Waals surface area (Å²) in [4.78, 5) is 12.8. The molecule has 1 aliphatic heterocycles. The van der Waals surface area contributed by atoms with E-state index in [2.05, 4.69) is 10.2 Å². The fourth-order valence-electron chi connectivity index (χ4n) is 4.17. The standard InChI is InChI=1S/C18H28N4O4S/c19-27(25,26)18-11-16(10-17(12-18)22(23)24)20-15-6-8-21(9-7-15)13-14-4-2-1-3-5-14/h10-12,14-15,20H,1-9,13H2,(H2,19,25,26). The minimum absolute atomic E-state index is 0.169.